The van der Waals surface area contributed by atoms with Gasteiger partial charge >= 0.3 is 0 Å². The van der Waals surface area contributed by atoms with Crippen molar-refractivity contribution >= 4 is 42.8 Å². The molecule has 2 aromatic carbocycles. The van der Waals surface area contributed by atoms with Gasteiger partial charge in [0.15, 0.2) is 11.2 Å². The first-order valence-electron chi connectivity index (χ1n) is 14.4. The molecular weight excluding hydrogens is 633 g/mol. The summed E-state index contributed by atoms with van der Waals surface area (Å²) in [6.45, 7) is 1.19. The number of nitrogens with one attached hydrogen (secondary N) is 1. The predicted octanol–water partition coefficient (Wildman–Crippen LogP) is 3.49. The number of benzene rings is 2. The van der Waals surface area contributed by atoms with E-state index in [9.17, 15) is 26.0 Å². The summed E-state index contributed by atoms with van der Waals surface area (Å²) in [7, 11) is -7.58. The van der Waals surface area contributed by atoms with Gasteiger partial charge < -0.3 is 4.98 Å². The molecule has 0 aliphatic carbocycles. The lowest BCUT2D eigenvalue weighted by Crippen LogP contribution is -2.38. The minimum Gasteiger partial charge on any atom is -0.308 e. The van der Waals surface area contributed by atoms with Crippen LogP contribution in [0.25, 0.3) is 11.2 Å². The molecule has 2 aromatic heterocycles. The Hall–Kier alpha value is -3.24. The van der Waals surface area contributed by atoms with Crippen LogP contribution in [0.2, 0.25) is 5.02 Å². The maximum Gasteiger partial charge on any atom is 0.281 e. The second kappa shape index (κ2) is 12.3. The van der Waals surface area contributed by atoms with Crippen LogP contribution >= 0.6 is 11.6 Å². The molecule has 1 N–H and O–H groups in total. The van der Waals surface area contributed by atoms with Crippen LogP contribution in [0.15, 0.2) is 57.1 Å². The summed E-state index contributed by atoms with van der Waals surface area (Å²) < 4.78 is 71.6. The smallest absolute Gasteiger partial charge is 0.281 e. The summed E-state index contributed by atoms with van der Waals surface area (Å²) in [5, 5.41) is 8.09. The van der Waals surface area contributed by atoms with Crippen LogP contribution in [0.3, 0.4) is 0 Å². The van der Waals surface area contributed by atoms with Gasteiger partial charge in [0.25, 0.3) is 5.56 Å². The second-order valence-corrected chi connectivity index (χ2v) is 15.3. The van der Waals surface area contributed by atoms with E-state index in [0.717, 1.165) is 25.7 Å². The van der Waals surface area contributed by atoms with Gasteiger partial charge in [-0.15, -0.1) is 5.10 Å². The fourth-order valence-electron chi connectivity index (χ4n) is 5.75. The number of nitrogens with zero attached hydrogens (tertiary/aromatic N) is 6. The van der Waals surface area contributed by atoms with Crippen LogP contribution in [0, 0.1) is 5.82 Å². The van der Waals surface area contributed by atoms with E-state index in [1.807, 2.05) is 0 Å². The molecule has 0 atom stereocenters. The van der Waals surface area contributed by atoms with Crippen molar-refractivity contribution in [3.63, 3.8) is 0 Å². The standard InChI is InChI=1S/C28H31ClFN7O5S2/c29-23-6-5-7-24(30)22(23)18-37-27-25(33-34-37)28(38)32-26(31-27)19-12-16-36(17-13-19)44(41,42)21-10-8-20(9-11-21)43(39,40)35-14-3-1-2-4-15-35/h5-11,19H,1-4,12-18H2,(H,31,32,38). The first-order valence-corrected chi connectivity index (χ1v) is 17.7. The molecule has 2 saturated heterocycles. The topological polar surface area (TPSA) is 151 Å². The van der Waals surface area contributed by atoms with E-state index in [1.54, 1.807) is 6.07 Å². The van der Waals surface area contributed by atoms with Gasteiger partial charge in [-0.3, -0.25) is 4.79 Å². The minimum absolute atomic E-state index is 0.00234. The fraction of sp³-hybridized carbons (Fsp3) is 0.429. The van der Waals surface area contributed by atoms with E-state index in [2.05, 4.69) is 20.3 Å². The molecule has 2 aliphatic rings. The van der Waals surface area contributed by atoms with E-state index in [-0.39, 0.29) is 57.1 Å². The van der Waals surface area contributed by atoms with E-state index >= 15 is 0 Å². The van der Waals surface area contributed by atoms with Crippen LogP contribution in [-0.2, 0) is 26.6 Å². The van der Waals surface area contributed by atoms with Crippen molar-refractivity contribution in [3.05, 3.63) is 75.0 Å². The lowest BCUT2D eigenvalue weighted by molar-refractivity contribution is 0.313. The lowest BCUT2D eigenvalue weighted by Gasteiger charge is -2.30. The zero-order valence-electron chi connectivity index (χ0n) is 23.7. The summed E-state index contributed by atoms with van der Waals surface area (Å²) in [4.78, 5) is 20.2. The van der Waals surface area contributed by atoms with Gasteiger partial charge in [-0.25, -0.2) is 30.9 Å². The monoisotopic (exact) mass is 663 g/mol. The third-order valence-electron chi connectivity index (χ3n) is 8.27. The quantitative estimate of drug-likeness (QED) is 0.316. The summed E-state index contributed by atoms with van der Waals surface area (Å²) in [5.41, 5.74) is -0.132. The minimum atomic E-state index is -3.88. The number of rotatable bonds is 7. The average molecular weight is 664 g/mol. The molecule has 2 aliphatic heterocycles. The van der Waals surface area contributed by atoms with Gasteiger partial charge in [-0.05, 0) is 62.1 Å². The summed E-state index contributed by atoms with van der Waals surface area (Å²) >= 11 is 6.17. The van der Waals surface area contributed by atoms with Crippen molar-refractivity contribution < 1.29 is 21.2 Å². The second-order valence-electron chi connectivity index (χ2n) is 11.0. The average Bonchev–Trinajstić information content (AvgIpc) is 3.22. The first kappa shape index (κ1) is 30.8. The molecule has 0 saturated carbocycles. The summed E-state index contributed by atoms with van der Waals surface area (Å²) in [6, 6.07) is 9.72. The molecular formula is C28H31ClFN7O5S2. The van der Waals surface area contributed by atoms with Gasteiger partial charge in [0.05, 0.1) is 16.3 Å². The van der Waals surface area contributed by atoms with Crippen molar-refractivity contribution in [2.45, 2.75) is 60.8 Å². The molecule has 0 radical (unpaired) electrons. The number of hydrogen-bond donors (Lipinski definition) is 1. The van der Waals surface area contributed by atoms with Gasteiger partial charge in [0, 0.05) is 42.7 Å². The molecule has 6 rings (SSSR count). The van der Waals surface area contributed by atoms with Crippen LogP contribution in [0.1, 0.15) is 55.8 Å². The van der Waals surface area contributed by atoms with E-state index in [0.29, 0.717) is 31.8 Å². The van der Waals surface area contributed by atoms with Crippen molar-refractivity contribution in [1.82, 2.24) is 33.6 Å². The van der Waals surface area contributed by atoms with Crippen molar-refractivity contribution in [3.8, 4) is 0 Å². The Labute approximate surface area is 259 Å². The zero-order valence-corrected chi connectivity index (χ0v) is 26.1. The number of H-pyrrole nitrogens is 1. The Bertz CT molecular complexity index is 1930. The number of aromatic nitrogens is 5. The third kappa shape index (κ3) is 5.90. The van der Waals surface area contributed by atoms with Crippen LogP contribution in [0.4, 0.5) is 4.39 Å². The first-order chi connectivity index (χ1) is 21.1. The van der Waals surface area contributed by atoms with Gasteiger partial charge in [-0.1, -0.05) is 35.7 Å². The predicted molar refractivity (Wildman–Crippen MR) is 161 cm³/mol. The normalized spacial score (nSPS) is 18.0. The lowest BCUT2D eigenvalue weighted by atomic mass is 9.97. The largest absolute Gasteiger partial charge is 0.308 e. The summed E-state index contributed by atoms with van der Waals surface area (Å²) in [6.07, 6.45) is 4.37. The molecule has 44 heavy (non-hydrogen) atoms. The molecule has 234 valence electrons. The highest BCUT2D eigenvalue weighted by Gasteiger charge is 2.32. The number of hydrogen-bond acceptors (Lipinski definition) is 8. The van der Waals surface area contributed by atoms with Crippen molar-refractivity contribution in [1.29, 1.82) is 0 Å². The van der Waals surface area contributed by atoms with E-state index < -0.39 is 31.4 Å². The highest BCUT2D eigenvalue weighted by Crippen LogP contribution is 2.30. The third-order valence-corrected chi connectivity index (χ3v) is 12.4. The molecule has 4 heterocycles. The Morgan fingerprint density at radius 1 is 0.864 bits per heavy atom. The molecule has 0 spiro atoms. The highest BCUT2D eigenvalue weighted by atomic mass is 35.5. The maximum atomic E-state index is 14.4. The van der Waals surface area contributed by atoms with Crippen LogP contribution in [0.5, 0.6) is 0 Å². The Balaban J connectivity index is 1.17. The fourth-order valence-corrected chi connectivity index (χ4v) is 8.96. The number of piperidine rings is 1. The Morgan fingerprint density at radius 2 is 1.45 bits per heavy atom. The number of aromatic amines is 1. The Kier molecular flexibility index (Phi) is 8.58. The van der Waals surface area contributed by atoms with Gasteiger partial charge in [0.1, 0.15) is 11.6 Å². The molecule has 0 amide bonds. The van der Waals surface area contributed by atoms with Crippen molar-refractivity contribution in [2.75, 3.05) is 26.2 Å². The maximum absolute atomic E-state index is 14.4. The van der Waals surface area contributed by atoms with Crippen LogP contribution in [-0.4, -0.2) is 76.6 Å². The molecule has 2 fully saturated rings. The van der Waals surface area contributed by atoms with Gasteiger partial charge in [0.2, 0.25) is 20.0 Å². The van der Waals surface area contributed by atoms with E-state index in [4.69, 9.17) is 11.6 Å². The number of fused-ring (bicyclic) bond motifs is 1. The van der Waals surface area contributed by atoms with Gasteiger partial charge in [-0.2, -0.15) is 8.61 Å². The number of sulfonamides is 2. The van der Waals surface area contributed by atoms with Crippen molar-refractivity contribution in [2.24, 2.45) is 0 Å². The molecule has 0 unspecified atom stereocenters. The highest BCUT2D eigenvalue weighted by molar-refractivity contribution is 7.89. The summed E-state index contributed by atoms with van der Waals surface area (Å²) in [5.74, 6) is -0.403. The zero-order chi connectivity index (χ0) is 31.1. The van der Waals surface area contributed by atoms with E-state index in [1.165, 1.54) is 49.7 Å². The SMILES string of the molecule is O=c1[nH]c(C2CCN(S(=O)(=O)c3ccc(S(=O)(=O)N4CCCCCC4)cc3)CC2)nc2c1nnn2Cc1c(F)cccc1Cl. The van der Waals surface area contributed by atoms with Crippen LogP contribution < -0.4 is 5.56 Å². The molecule has 4 aromatic rings. The Morgan fingerprint density at radius 3 is 2.05 bits per heavy atom. The molecule has 0 bridgehead atoms. The number of halogens is 2. The molecule has 16 heteroatoms. The molecule has 12 nitrogen and oxygen atoms in total.